The highest BCUT2D eigenvalue weighted by Gasteiger charge is 2.23. The molecule has 1 aromatic carbocycles. The van der Waals surface area contributed by atoms with Crippen molar-refractivity contribution in [2.75, 3.05) is 23.0 Å². The van der Waals surface area contributed by atoms with E-state index in [2.05, 4.69) is 6.07 Å². The first kappa shape index (κ1) is 13.4. The van der Waals surface area contributed by atoms with Crippen LogP contribution in [0.15, 0.2) is 24.3 Å². The summed E-state index contributed by atoms with van der Waals surface area (Å²) in [6.45, 7) is 2.82. The van der Waals surface area contributed by atoms with E-state index < -0.39 is 0 Å². The summed E-state index contributed by atoms with van der Waals surface area (Å²) in [5, 5.41) is 0. The Bertz CT molecular complexity index is 420. The third kappa shape index (κ3) is 3.27. The summed E-state index contributed by atoms with van der Waals surface area (Å²) in [5.74, 6) is 1.73. The highest BCUT2D eigenvalue weighted by atomic mass is 32.2. The van der Waals surface area contributed by atoms with E-state index >= 15 is 0 Å². The fraction of sp³-hybridized carbons (Fsp3) is 0.500. The van der Waals surface area contributed by atoms with E-state index in [1.165, 1.54) is 5.56 Å². The number of hydrogen-bond donors (Lipinski definition) is 1. The summed E-state index contributed by atoms with van der Waals surface area (Å²) in [7, 11) is 0. The van der Waals surface area contributed by atoms with Crippen LogP contribution >= 0.6 is 11.8 Å². The van der Waals surface area contributed by atoms with E-state index in [0.717, 1.165) is 30.8 Å². The minimum absolute atomic E-state index is 0.217. The maximum atomic E-state index is 12.1. The van der Waals surface area contributed by atoms with Crippen LogP contribution in [-0.4, -0.2) is 30.0 Å². The van der Waals surface area contributed by atoms with Gasteiger partial charge in [0, 0.05) is 18.3 Å². The number of fused-ring (bicyclic) bond motifs is 1. The van der Waals surface area contributed by atoms with Crippen LogP contribution in [0.4, 0.5) is 5.69 Å². The van der Waals surface area contributed by atoms with Crippen molar-refractivity contribution >= 4 is 23.4 Å². The minimum Gasteiger partial charge on any atom is -0.328 e. The molecular formula is C14H20N2OS. The number of nitrogens with two attached hydrogens (primary N) is 1. The zero-order chi connectivity index (χ0) is 13.0. The topological polar surface area (TPSA) is 46.3 Å². The Morgan fingerprint density at radius 2 is 2.28 bits per heavy atom. The first-order valence-corrected chi connectivity index (χ1v) is 7.55. The Kier molecular flexibility index (Phi) is 4.66. The van der Waals surface area contributed by atoms with E-state index in [4.69, 9.17) is 5.73 Å². The quantitative estimate of drug-likeness (QED) is 0.828. The van der Waals surface area contributed by atoms with Crippen molar-refractivity contribution in [3.63, 3.8) is 0 Å². The molecule has 2 rings (SSSR count). The molecule has 0 saturated heterocycles. The van der Waals surface area contributed by atoms with Gasteiger partial charge in [0.2, 0.25) is 5.91 Å². The monoisotopic (exact) mass is 264 g/mol. The maximum Gasteiger partial charge on any atom is 0.236 e. The van der Waals surface area contributed by atoms with Gasteiger partial charge in [0.25, 0.3) is 0 Å². The standard InChI is InChI=1S/C14H20N2OS/c1-11(15)7-9-18-10-14(17)16-8-6-12-4-2-3-5-13(12)16/h2-5,11H,6-10,15H2,1H3. The largest absolute Gasteiger partial charge is 0.328 e. The molecule has 1 aliphatic rings. The second-order valence-corrected chi connectivity index (χ2v) is 5.85. The smallest absolute Gasteiger partial charge is 0.236 e. The first-order valence-electron chi connectivity index (χ1n) is 6.40. The summed E-state index contributed by atoms with van der Waals surface area (Å²) in [4.78, 5) is 14.0. The Balaban J connectivity index is 1.84. The van der Waals surface area contributed by atoms with Gasteiger partial charge in [0.05, 0.1) is 5.75 Å². The Hall–Kier alpha value is -1.00. The lowest BCUT2D eigenvalue weighted by atomic mass is 10.2. The van der Waals surface area contributed by atoms with Crippen LogP contribution in [0.5, 0.6) is 0 Å². The molecular weight excluding hydrogens is 244 g/mol. The van der Waals surface area contributed by atoms with E-state index in [9.17, 15) is 4.79 Å². The van der Waals surface area contributed by atoms with Crippen molar-refractivity contribution < 1.29 is 4.79 Å². The molecule has 2 N–H and O–H groups in total. The number of hydrogen-bond acceptors (Lipinski definition) is 3. The summed E-state index contributed by atoms with van der Waals surface area (Å²) in [5.41, 5.74) is 8.06. The van der Waals surface area contributed by atoms with Crippen molar-refractivity contribution in [1.29, 1.82) is 0 Å². The highest BCUT2D eigenvalue weighted by molar-refractivity contribution is 7.99. The maximum absolute atomic E-state index is 12.1. The van der Waals surface area contributed by atoms with Crippen LogP contribution in [0, 0.1) is 0 Å². The number of benzene rings is 1. The predicted molar refractivity (Wildman–Crippen MR) is 78.1 cm³/mol. The van der Waals surface area contributed by atoms with Crippen molar-refractivity contribution in [2.24, 2.45) is 5.73 Å². The number of rotatable bonds is 5. The molecule has 18 heavy (non-hydrogen) atoms. The van der Waals surface area contributed by atoms with Crippen LogP contribution in [-0.2, 0) is 11.2 Å². The fourth-order valence-electron chi connectivity index (χ4n) is 2.10. The number of anilines is 1. The van der Waals surface area contributed by atoms with Gasteiger partial charge in [-0.3, -0.25) is 4.79 Å². The third-order valence-electron chi connectivity index (χ3n) is 3.13. The Labute approximate surface area is 113 Å². The number of thioether (sulfide) groups is 1. The number of para-hydroxylation sites is 1. The van der Waals surface area contributed by atoms with Crippen LogP contribution in [0.25, 0.3) is 0 Å². The van der Waals surface area contributed by atoms with E-state index in [1.54, 1.807) is 11.8 Å². The minimum atomic E-state index is 0.217. The van der Waals surface area contributed by atoms with Gasteiger partial charge in [-0.2, -0.15) is 11.8 Å². The Morgan fingerprint density at radius 3 is 3.06 bits per heavy atom. The molecule has 1 heterocycles. The van der Waals surface area contributed by atoms with Gasteiger partial charge in [-0.15, -0.1) is 0 Å². The van der Waals surface area contributed by atoms with Gasteiger partial charge in [0.1, 0.15) is 0 Å². The lowest BCUT2D eigenvalue weighted by Gasteiger charge is -2.17. The Morgan fingerprint density at radius 1 is 1.50 bits per heavy atom. The number of amides is 1. The summed E-state index contributed by atoms with van der Waals surface area (Å²) < 4.78 is 0. The van der Waals surface area contributed by atoms with Crippen molar-refractivity contribution in [3.05, 3.63) is 29.8 Å². The van der Waals surface area contributed by atoms with Gasteiger partial charge in [-0.25, -0.2) is 0 Å². The average molecular weight is 264 g/mol. The molecule has 3 nitrogen and oxygen atoms in total. The van der Waals surface area contributed by atoms with Gasteiger partial charge < -0.3 is 10.6 Å². The summed E-state index contributed by atoms with van der Waals surface area (Å²) in [6, 6.07) is 8.39. The molecule has 4 heteroatoms. The molecule has 98 valence electrons. The molecule has 1 aromatic rings. The lowest BCUT2D eigenvalue weighted by Crippen LogP contribution is -2.30. The zero-order valence-electron chi connectivity index (χ0n) is 10.8. The van der Waals surface area contributed by atoms with Gasteiger partial charge >= 0.3 is 0 Å². The molecule has 0 aromatic heterocycles. The van der Waals surface area contributed by atoms with E-state index in [-0.39, 0.29) is 11.9 Å². The first-order chi connectivity index (χ1) is 8.68. The molecule has 0 bridgehead atoms. The molecule has 0 spiro atoms. The molecule has 1 amide bonds. The van der Waals surface area contributed by atoms with Crippen LogP contribution in [0.1, 0.15) is 18.9 Å². The number of carbonyl (C=O) groups is 1. The zero-order valence-corrected chi connectivity index (χ0v) is 11.6. The number of carbonyl (C=O) groups excluding carboxylic acids is 1. The van der Waals surface area contributed by atoms with Crippen molar-refractivity contribution in [3.8, 4) is 0 Å². The van der Waals surface area contributed by atoms with E-state index in [0.29, 0.717) is 5.75 Å². The van der Waals surface area contributed by atoms with Crippen LogP contribution in [0.2, 0.25) is 0 Å². The molecule has 1 aliphatic heterocycles. The van der Waals surface area contributed by atoms with Gasteiger partial charge in [-0.05, 0) is 37.1 Å². The second kappa shape index (κ2) is 6.25. The van der Waals surface area contributed by atoms with Crippen molar-refractivity contribution in [1.82, 2.24) is 0 Å². The number of nitrogens with zero attached hydrogens (tertiary/aromatic N) is 1. The molecule has 0 radical (unpaired) electrons. The average Bonchev–Trinajstić information content (AvgIpc) is 2.78. The van der Waals surface area contributed by atoms with Gasteiger partial charge in [-0.1, -0.05) is 18.2 Å². The molecule has 0 saturated carbocycles. The molecule has 0 aliphatic carbocycles. The molecule has 0 fully saturated rings. The highest BCUT2D eigenvalue weighted by Crippen LogP contribution is 2.27. The van der Waals surface area contributed by atoms with Gasteiger partial charge in [0.15, 0.2) is 0 Å². The van der Waals surface area contributed by atoms with Crippen molar-refractivity contribution in [2.45, 2.75) is 25.8 Å². The molecule has 1 unspecified atom stereocenters. The fourth-order valence-corrected chi connectivity index (χ4v) is 3.12. The summed E-state index contributed by atoms with van der Waals surface area (Å²) in [6.07, 6.45) is 1.95. The van der Waals surface area contributed by atoms with Crippen LogP contribution in [0.3, 0.4) is 0 Å². The SMILES string of the molecule is CC(N)CCSCC(=O)N1CCc2ccccc21. The van der Waals surface area contributed by atoms with E-state index in [1.807, 2.05) is 30.0 Å². The van der Waals surface area contributed by atoms with Crippen LogP contribution < -0.4 is 10.6 Å². The second-order valence-electron chi connectivity index (χ2n) is 4.74. The molecule has 1 atom stereocenters. The normalized spacial score (nSPS) is 15.6. The summed E-state index contributed by atoms with van der Waals surface area (Å²) >= 11 is 1.68. The third-order valence-corrected chi connectivity index (χ3v) is 4.11. The predicted octanol–water partition coefficient (Wildman–Crippen LogP) is 2.05. The lowest BCUT2D eigenvalue weighted by molar-refractivity contribution is -0.116.